The van der Waals surface area contributed by atoms with Gasteiger partial charge >= 0.3 is 6.09 Å². The van der Waals surface area contributed by atoms with Gasteiger partial charge in [-0.15, -0.1) is 0 Å². The Hall–Kier alpha value is -3.09. The van der Waals surface area contributed by atoms with E-state index in [0.29, 0.717) is 22.8 Å². The van der Waals surface area contributed by atoms with Crippen molar-refractivity contribution in [3.63, 3.8) is 0 Å². The molecule has 0 saturated carbocycles. The first-order chi connectivity index (χ1) is 12.7. The maximum Gasteiger partial charge on any atom is 0.435 e. The van der Waals surface area contributed by atoms with Crippen LogP contribution < -0.4 is 4.74 Å². The van der Waals surface area contributed by atoms with E-state index in [4.69, 9.17) is 9.47 Å². The van der Waals surface area contributed by atoms with Gasteiger partial charge in [0, 0.05) is 0 Å². The summed E-state index contributed by atoms with van der Waals surface area (Å²) in [7, 11) is 1.58. The third-order valence-electron chi connectivity index (χ3n) is 3.87. The van der Waals surface area contributed by atoms with E-state index in [-0.39, 0.29) is 0 Å². The minimum Gasteiger partial charge on any atom is -0.480 e. The number of carbonyl (C=O) groups excluding carboxylic acids is 1. The molecule has 0 aliphatic carbocycles. The fourth-order valence-corrected chi connectivity index (χ4v) is 2.86. The van der Waals surface area contributed by atoms with Gasteiger partial charge in [-0.25, -0.2) is 9.48 Å². The molecule has 27 heavy (non-hydrogen) atoms. The molecule has 3 aromatic rings. The molecule has 0 N–H and O–H groups in total. The van der Waals surface area contributed by atoms with Crippen molar-refractivity contribution < 1.29 is 14.3 Å². The third-order valence-corrected chi connectivity index (χ3v) is 3.87. The van der Waals surface area contributed by atoms with Gasteiger partial charge in [-0.05, 0) is 52.8 Å². The number of para-hydroxylation sites is 1. The second-order valence-corrected chi connectivity index (χ2v) is 7.28. The molecule has 0 saturated heterocycles. The van der Waals surface area contributed by atoms with Gasteiger partial charge in [0.05, 0.1) is 35.4 Å². The van der Waals surface area contributed by atoms with Crippen molar-refractivity contribution in [2.45, 2.75) is 40.2 Å². The zero-order valence-electron chi connectivity index (χ0n) is 16.5. The van der Waals surface area contributed by atoms with E-state index in [9.17, 15) is 4.79 Å². The van der Waals surface area contributed by atoms with Crippen LogP contribution >= 0.6 is 0 Å². The standard InChI is InChI=1S/C20H24N4O3/c1-13-12-16(24(21-13)19(25)27-20(3,4)5)17-14(2)22-23(18(17)26-6)15-10-8-7-9-11-15/h7-12H,1-6H3. The summed E-state index contributed by atoms with van der Waals surface area (Å²) < 4.78 is 14.1. The van der Waals surface area contributed by atoms with Gasteiger partial charge in [-0.3, -0.25) is 0 Å². The highest BCUT2D eigenvalue weighted by atomic mass is 16.6. The summed E-state index contributed by atoms with van der Waals surface area (Å²) in [5.41, 5.74) is 2.95. The highest BCUT2D eigenvalue weighted by Crippen LogP contribution is 2.35. The van der Waals surface area contributed by atoms with Crippen molar-refractivity contribution >= 4 is 6.09 Å². The lowest BCUT2D eigenvalue weighted by molar-refractivity contribution is 0.0517. The number of aromatic nitrogens is 4. The zero-order chi connectivity index (χ0) is 19.8. The van der Waals surface area contributed by atoms with E-state index in [2.05, 4.69) is 10.2 Å². The van der Waals surface area contributed by atoms with E-state index in [0.717, 1.165) is 11.4 Å². The number of benzene rings is 1. The molecule has 0 aliphatic rings. The Kier molecular flexibility index (Phi) is 4.78. The third kappa shape index (κ3) is 3.72. The molecular weight excluding hydrogens is 344 g/mol. The van der Waals surface area contributed by atoms with Crippen LogP contribution in [0.3, 0.4) is 0 Å². The molecule has 0 atom stereocenters. The lowest BCUT2D eigenvalue weighted by Gasteiger charge is -2.19. The van der Waals surface area contributed by atoms with E-state index in [1.807, 2.05) is 71.0 Å². The largest absolute Gasteiger partial charge is 0.480 e. The molecule has 0 spiro atoms. The summed E-state index contributed by atoms with van der Waals surface area (Å²) in [6, 6.07) is 11.5. The number of carbonyl (C=O) groups is 1. The first-order valence-electron chi connectivity index (χ1n) is 8.70. The van der Waals surface area contributed by atoms with Crippen LogP contribution in [0.4, 0.5) is 4.79 Å². The molecule has 0 radical (unpaired) electrons. The molecule has 7 nitrogen and oxygen atoms in total. The Balaban J connectivity index is 2.16. The Labute approximate surface area is 158 Å². The minimum absolute atomic E-state index is 0.531. The molecule has 1 aromatic carbocycles. The van der Waals surface area contributed by atoms with Crippen molar-refractivity contribution in [2.24, 2.45) is 0 Å². The van der Waals surface area contributed by atoms with Crippen LogP contribution in [-0.2, 0) is 4.74 Å². The van der Waals surface area contributed by atoms with E-state index in [1.165, 1.54) is 4.68 Å². The van der Waals surface area contributed by atoms with Crippen LogP contribution in [0.25, 0.3) is 16.9 Å². The van der Waals surface area contributed by atoms with Crippen molar-refractivity contribution in [2.75, 3.05) is 7.11 Å². The van der Waals surface area contributed by atoms with Gasteiger partial charge in [0.2, 0.25) is 5.88 Å². The average Bonchev–Trinajstić information content (AvgIpc) is 3.13. The minimum atomic E-state index is -0.623. The Morgan fingerprint density at radius 2 is 1.74 bits per heavy atom. The number of hydrogen-bond donors (Lipinski definition) is 0. The van der Waals surface area contributed by atoms with Crippen LogP contribution in [0.15, 0.2) is 36.4 Å². The van der Waals surface area contributed by atoms with Crippen molar-refractivity contribution in [1.82, 2.24) is 19.6 Å². The summed E-state index contributed by atoms with van der Waals surface area (Å²) in [6.45, 7) is 9.16. The van der Waals surface area contributed by atoms with Crippen molar-refractivity contribution in [3.05, 3.63) is 47.8 Å². The number of rotatable bonds is 3. The first kappa shape index (κ1) is 18.7. The van der Waals surface area contributed by atoms with E-state index >= 15 is 0 Å². The fraction of sp³-hybridized carbons (Fsp3) is 0.350. The van der Waals surface area contributed by atoms with Gasteiger partial charge in [0.25, 0.3) is 0 Å². The van der Waals surface area contributed by atoms with E-state index < -0.39 is 11.7 Å². The fourth-order valence-electron chi connectivity index (χ4n) is 2.86. The van der Waals surface area contributed by atoms with Crippen LogP contribution in [0.2, 0.25) is 0 Å². The molecule has 2 aromatic heterocycles. The molecule has 7 heteroatoms. The zero-order valence-corrected chi connectivity index (χ0v) is 16.5. The molecule has 142 valence electrons. The number of hydrogen-bond acceptors (Lipinski definition) is 5. The van der Waals surface area contributed by atoms with Crippen LogP contribution in [-0.4, -0.2) is 38.4 Å². The average molecular weight is 368 g/mol. The molecule has 0 amide bonds. The van der Waals surface area contributed by atoms with Gasteiger partial charge < -0.3 is 9.47 Å². The molecule has 2 heterocycles. The quantitative estimate of drug-likeness (QED) is 0.695. The van der Waals surface area contributed by atoms with E-state index in [1.54, 1.807) is 11.8 Å². The molecule has 0 bridgehead atoms. The number of methoxy groups -OCH3 is 1. The van der Waals surface area contributed by atoms with Crippen LogP contribution in [0.5, 0.6) is 5.88 Å². The molecular formula is C20H24N4O3. The predicted octanol–water partition coefficient (Wildman–Crippen LogP) is 4.14. The molecule has 3 rings (SSSR count). The lowest BCUT2D eigenvalue weighted by atomic mass is 10.1. The molecule has 0 fully saturated rings. The van der Waals surface area contributed by atoms with Crippen molar-refractivity contribution in [3.8, 4) is 22.8 Å². The van der Waals surface area contributed by atoms with Gasteiger partial charge in [0.1, 0.15) is 5.60 Å². The van der Waals surface area contributed by atoms with Gasteiger partial charge in [-0.1, -0.05) is 18.2 Å². The summed E-state index contributed by atoms with van der Waals surface area (Å²) in [6.07, 6.45) is -0.542. The number of aryl methyl sites for hydroxylation is 2. The second kappa shape index (κ2) is 6.90. The predicted molar refractivity (Wildman–Crippen MR) is 102 cm³/mol. The second-order valence-electron chi connectivity index (χ2n) is 7.28. The topological polar surface area (TPSA) is 71.2 Å². The Bertz CT molecular complexity index is 965. The summed E-state index contributed by atoms with van der Waals surface area (Å²) >= 11 is 0. The maximum absolute atomic E-state index is 12.7. The summed E-state index contributed by atoms with van der Waals surface area (Å²) in [5, 5.41) is 8.93. The lowest BCUT2D eigenvalue weighted by Crippen LogP contribution is -2.28. The Morgan fingerprint density at radius 1 is 1.07 bits per heavy atom. The highest BCUT2D eigenvalue weighted by Gasteiger charge is 2.27. The number of nitrogens with zero attached hydrogens (tertiary/aromatic N) is 4. The summed E-state index contributed by atoms with van der Waals surface area (Å²) in [5.74, 6) is 0.531. The highest BCUT2D eigenvalue weighted by molar-refractivity contribution is 5.80. The summed E-state index contributed by atoms with van der Waals surface area (Å²) in [4.78, 5) is 12.7. The normalized spacial score (nSPS) is 11.5. The Morgan fingerprint density at radius 3 is 2.33 bits per heavy atom. The smallest absolute Gasteiger partial charge is 0.435 e. The number of ether oxygens (including phenoxy) is 2. The van der Waals surface area contributed by atoms with Crippen LogP contribution in [0.1, 0.15) is 32.2 Å². The van der Waals surface area contributed by atoms with Crippen molar-refractivity contribution in [1.29, 1.82) is 0 Å². The first-order valence-corrected chi connectivity index (χ1v) is 8.70. The molecule has 0 aliphatic heterocycles. The maximum atomic E-state index is 12.7. The van der Waals surface area contributed by atoms with Crippen LogP contribution in [0, 0.1) is 13.8 Å². The molecule has 0 unspecified atom stereocenters. The SMILES string of the molecule is COc1c(-c2cc(C)nn2C(=O)OC(C)(C)C)c(C)nn1-c1ccccc1. The van der Waals surface area contributed by atoms with Gasteiger partial charge in [0.15, 0.2) is 0 Å². The monoisotopic (exact) mass is 368 g/mol. The van der Waals surface area contributed by atoms with Gasteiger partial charge in [-0.2, -0.15) is 14.9 Å².